The topological polar surface area (TPSA) is 120 Å². The van der Waals surface area contributed by atoms with Crippen molar-refractivity contribution in [1.29, 1.82) is 0 Å². The summed E-state index contributed by atoms with van der Waals surface area (Å²) >= 11 is 0. The van der Waals surface area contributed by atoms with Crippen molar-refractivity contribution in [2.45, 2.75) is 19.9 Å². The molecule has 9 nitrogen and oxygen atoms in total. The lowest BCUT2D eigenvalue weighted by molar-refractivity contribution is 0.473. The van der Waals surface area contributed by atoms with E-state index in [2.05, 4.69) is 55.7 Å². The molecule has 0 amide bonds. The molecule has 0 aliphatic rings. The first-order chi connectivity index (χ1) is 17.0. The first-order valence-electron chi connectivity index (χ1n) is 11.2. The van der Waals surface area contributed by atoms with Crippen molar-refractivity contribution in [2.24, 2.45) is 0 Å². The molecule has 6 aromatic heterocycles. The molecular weight excluding hydrogens is 440 g/mol. The lowest BCUT2D eigenvalue weighted by Crippen LogP contribution is -2.10. The van der Waals surface area contributed by atoms with Gasteiger partial charge in [0.15, 0.2) is 5.65 Å². The number of anilines is 1. The second kappa shape index (κ2) is 7.91. The van der Waals surface area contributed by atoms with Crippen LogP contribution in [0.1, 0.15) is 24.2 Å². The van der Waals surface area contributed by atoms with Crippen molar-refractivity contribution in [3.63, 3.8) is 0 Å². The second-order valence-electron chi connectivity index (χ2n) is 8.49. The van der Waals surface area contributed by atoms with E-state index in [-0.39, 0.29) is 11.8 Å². The first kappa shape index (κ1) is 20.8. The Hall–Kier alpha value is -4.79. The van der Waals surface area contributed by atoms with Gasteiger partial charge in [0.2, 0.25) is 0 Å². The quantitative estimate of drug-likeness (QED) is 0.398. The van der Waals surface area contributed by atoms with Gasteiger partial charge in [-0.25, -0.2) is 14.6 Å². The summed E-state index contributed by atoms with van der Waals surface area (Å²) in [6.45, 7) is 4.07. The summed E-state index contributed by atoms with van der Waals surface area (Å²) in [7, 11) is 0. The smallest absolute Gasteiger partial charge is 0.164 e. The summed E-state index contributed by atoms with van der Waals surface area (Å²) in [5.74, 6) is 0.363. The van der Waals surface area contributed by atoms with Crippen molar-refractivity contribution in [3.8, 4) is 28.3 Å². The van der Waals surface area contributed by atoms with E-state index >= 15 is 0 Å². The molecule has 35 heavy (non-hydrogen) atoms. The Morgan fingerprint density at radius 2 is 1.89 bits per heavy atom. The third-order valence-corrected chi connectivity index (χ3v) is 6.21. The normalized spacial score (nSPS) is 12.4. The zero-order valence-corrected chi connectivity index (χ0v) is 19.2. The van der Waals surface area contributed by atoms with Crippen molar-refractivity contribution in [1.82, 2.24) is 34.1 Å². The Labute approximate surface area is 200 Å². The highest BCUT2D eigenvalue weighted by atomic mass is 16.3. The van der Waals surface area contributed by atoms with Gasteiger partial charge in [0, 0.05) is 46.5 Å². The molecule has 0 spiro atoms. The average molecular weight is 463 g/mol. The van der Waals surface area contributed by atoms with Gasteiger partial charge in [0.25, 0.3) is 0 Å². The Bertz CT molecular complexity index is 1720. The highest BCUT2D eigenvalue weighted by molar-refractivity contribution is 5.98. The van der Waals surface area contributed by atoms with Crippen molar-refractivity contribution < 1.29 is 5.11 Å². The van der Waals surface area contributed by atoms with Crippen LogP contribution >= 0.6 is 0 Å². The Morgan fingerprint density at radius 1 is 1.00 bits per heavy atom. The maximum atomic E-state index is 10.0. The summed E-state index contributed by atoms with van der Waals surface area (Å²) in [6, 6.07) is 13.8. The largest absolute Gasteiger partial charge is 0.506 e. The van der Waals surface area contributed by atoms with Crippen LogP contribution in [0.15, 0.2) is 73.6 Å². The van der Waals surface area contributed by atoms with Crippen LogP contribution in [0.3, 0.4) is 0 Å². The molecule has 0 radical (unpaired) electrons. The molecule has 172 valence electrons. The highest BCUT2D eigenvalue weighted by Gasteiger charge is 2.25. The molecule has 0 saturated heterocycles. The number of pyridine rings is 3. The fraction of sp³-hybridized carbons (Fsp3) is 0.115. The lowest BCUT2D eigenvalue weighted by Gasteiger charge is -2.15. The van der Waals surface area contributed by atoms with Crippen molar-refractivity contribution in [3.05, 3.63) is 84.8 Å². The van der Waals surface area contributed by atoms with Crippen LogP contribution in [0, 0.1) is 6.92 Å². The molecule has 6 rings (SSSR count). The molecular formula is C26H22N8O. The van der Waals surface area contributed by atoms with Gasteiger partial charge in [-0.1, -0.05) is 6.07 Å². The minimum absolute atomic E-state index is 0.0442. The number of rotatable bonds is 4. The number of aromatic nitrogens is 7. The van der Waals surface area contributed by atoms with E-state index < -0.39 is 0 Å². The molecule has 0 aromatic carbocycles. The lowest BCUT2D eigenvalue weighted by atomic mass is 10.0. The van der Waals surface area contributed by atoms with Crippen LogP contribution < -0.4 is 5.73 Å². The number of nitrogen functional groups attached to an aromatic ring is 1. The molecule has 9 heteroatoms. The Morgan fingerprint density at radius 3 is 2.71 bits per heavy atom. The SMILES string of the molecule is Cc1cc(-c2c(C(C)n3nc(-c4cncc(O)c4)c4c(N)ncnc43)cc3ccccn23)ccn1. The van der Waals surface area contributed by atoms with Crippen LogP contribution in [-0.4, -0.2) is 39.2 Å². The number of aromatic hydroxyl groups is 1. The van der Waals surface area contributed by atoms with E-state index in [1.165, 1.54) is 12.5 Å². The van der Waals surface area contributed by atoms with E-state index in [4.69, 9.17) is 10.8 Å². The zero-order valence-electron chi connectivity index (χ0n) is 19.2. The van der Waals surface area contributed by atoms with Crippen LogP contribution in [0.4, 0.5) is 5.82 Å². The number of fused-ring (bicyclic) bond motifs is 2. The van der Waals surface area contributed by atoms with E-state index in [1.807, 2.05) is 36.0 Å². The van der Waals surface area contributed by atoms with Crippen molar-refractivity contribution >= 4 is 22.4 Å². The summed E-state index contributed by atoms with van der Waals surface area (Å²) < 4.78 is 4.04. The van der Waals surface area contributed by atoms with Gasteiger partial charge in [-0.05, 0) is 50.2 Å². The highest BCUT2D eigenvalue weighted by Crippen LogP contribution is 2.37. The van der Waals surface area contributed by atoms with Crippen LogP contribution in [0.5, 0.6) is 5.75 Å². The van der Waals surface area contributed by atoms with Gasteiger partial charge in [0.05, 0.1) is 23.3 Å². The minimum Gasteiger partial charge on any atom is -0.506 e. The molecule has 6 aromatic rings. The monoisotopic (exact) mass is 462 g/mol. The predicted molar refractivity (Wildman–Crippen MR) is 134 cm³/mol. The van der Waals surface area contributed by atoms with E-state index in [0.29, 0.717) is 28.1 Å². The van der Waals surface area contributed by atoms with Crippen LogP contribution in [0.2, 0.25) is 0 Å². The second-order valence-corrected chi connectivity index (χ2v) is 8.49. The summed E-state index contributed by atoms with van der Waals surface area (Å²) in [5, 5.41) is 15.6. The van der Waals surface area contributed by atoms with Crippen molar-refractivity contribution in [2.75, 3.05) is 5.73 Å². The number of aryl methyl sites for hydroxylation is 1. The Kier molecular flexibility index (Phi) is 4.70. The molecule has 1 atom stereocenters. The number of nitrogens with two attached hydrogens (primary N) is 1. The van der Waals surface area contributed by atoms with Crippen LogP contribution in [-0.2, 0) is 0 Å². The Balaban J connectivity index is 1.61. The third-order valence-electron chi connectivity index (χ3n) is 6.21. The molecule has 1 unspecified atom stereocenters. The summed E-state index contributed by atoms with van der Waals surface area (Å²) in [6.07, 6.45) is 8.34. The van der Waals surface area contributed by atoms with Gasteiger partial charge >= 0.3 is 0 Å². The molecule has 0 fully saturated rings. The van der Waals surface area contributed by atoms with Gasteiger partial charge in [-0.3, -0.25) is 9.97 Å². The molecule has 0 saturated carbocycles. The molecule has 6 heterocycles. The van der Waals surface area contributed by atoms with Gasteiger partial charge in [-0.15, -0.1) is 0 Å². The molecule has 0 aliphatic carbocycles. The third kappa shape index (κ3) is 3.36. The van der Waals surface area contributed by atoms with Gasteiger partial charge in [0.1, 0.15) is 23.6 Å². The fourth-order valence-electron chi connectivity index (χ4n) is 4.62. The number of hydrogen-bond donors (Lipinski definition) is 2. The van der Waals surface area contributed by atoms with E-state index in [1.54, 1.807) is 12.3 Å². The molecule has 3 N–H and O–H groups in total. The maximum absolute atomic E-state index is 10.0. The first-order valence-corrected chi connectivity index (χ1v) is 11.2. The van der Waals surface area contributed by atoms with E-state index in [0.717, 1.165) is 28.0 Å². The summed E-state index contributed by atoms with van der Waals surface area (Å²) in [4.78, 5) is 17.2. The van der Waals surface area contributed by atoms with Gasteiger partial charge < -0.3 is 15.2 Å². The molecule has 0 bridgehead atoms. The fourth-order valence-corrected chi connectivity index (χ4v) is 4.62. The molecule has 0 aliphatic heterocycles. The van der Waals surface area contributed by atoms with Gasteiger partial charge in [-0.2, -0.15) is 5.10 Å². The number of hydrogen-bond acceptors (Lipinski definition) is 7. The average Bonchev–Trinajstić information content (AvgIpc) is 3.44. The predicted octanol–water partition coefficient (Wildman–Crippen LogP) is 4.41. The van der Waals surface area contributed by atoms with E-state index in [9.17, 15) is 5.11 Å². The maximum Gasteiger partial charge on any atom is 0.164 e. The number of nitrogens with zero attached hydrogens (tertiary/aromatic N) is 7. The van der Waals surface area contributed by atoms with Crippen LogP contribution in [0.25, 0.3) is 39.1 Å². The summed E-state index contributed by atoms with van der Waals surface area (Å²) in [5.41, 5.74) is 13.3. The zero-order chi connectivity index (χ0) is 24.1. The standard InChI is InChI=1S/C26H22N8O/c1-15-9-17(6-7-29-15)24-21(11-19-5-3-4-8-33(19)24)16(2)34-26-22(25(27)30-14-31-26)23(32-34)18-10-20(35)13-28-12-18/h3-14,16,35H,1-2H3,(H2,27,30,31). The minimum atomic E-state index is -0.200.